The fraction of sp³-hybridized carbons (Fsp3) is 0. The van der Waals surface area contributed by atoms with Crippen molar-refractivity contribution in [3.63, 3.8) is 0 Å². The van der Waals surface area contributed by atoms with Crippen molar-refractivity contribution in [2.45, 2.75) is 0 Å². The second kappa shape index (κ2) is 4.04. The van der Waals surface area contributed by atoms with Gasteiger partial charge in [0.15, 0.2) is 0 Å². The fourth-order valence-electron chi connectivity index (χ4n) is 2.19. The number of rotatable bonds is 2. The quantitative estimate of drug-likeness (QED) is 0.743. The molecule has 0 saturated carbocycles. The smallest absolute Gasteiger partial charge is 0.337 e. The lowest BCUT2D eigenvalue weighted by Gasteiger charge is -2.02. The Morgan fingerprint density at radius 1 is 1.00 bits per heavy atom. The number of pyridine rings is 1. The number of aromatic nitrogens is 1. The Balaban J connectivity index is 2.38. The molecule has 0 saturated heterocycles. The van der Waals surface area contributed by atoms with Gasteiger partial charge in [-0.3, -0.25) is 0 Å². The Morgan fingerprint density at radius 2 is 1.72 bits per heavy atom. The highest BCUT2D eigenvalue weighted by molar-refractivity contribution is 6.01. The highest BCUT2D eigenvalue weighted by Gasteiger charge is 2.17. The van der Waals surface area contributed by atoms with Crippen LogP contribution in [0.2, 0.25) is 0 Å². The van der Waals surface area contributed by atoms with Gasteiger partial charge in [0.05, 0.1) is 11.1 Å². The van der Waals surface area contributed by atoms with Crippen molar-refractivity contribution >= 4 is 11.5 Å². The minimum atomic E-state index is -0.905. The third-order valence-electron chi connectivity index (χ3n) is 2.98. The maximum absolute atomic E-state index is 11.4. The molecule has 0 atom stereocenters. The summed E-state index contributed by atoms with van der Waals surface area (Å²) in [7, 11) is 0. The van der Waals surface area contributed by atoms with Crippen LogP contribution in [0, 0.1) is 0 Å². The number of carbonyl (C=O) groups is 1. The van der Waals surface area contributed by atoms with Gasteiger partial charge in [0.1, 0.15) is 0 Å². The Kier molecular flexibility index (Phi) is 2.38. The van der Waals surface area contributed by atoms with Gasteiger partial charge < -0.3 is 9.51 Å². The summed E-state index contributed by atoms with van der Waals surface area (Å²) in [6, 6.07) is 15.3. The van der Waals surface area contributed by atoms with Crippen molar-refractivity contribution < 1.29 is 9.90 Å². The monoisotopic (exact) mass is 237 g/mol. The van der Waals surface area contributed by atoms with Crippen LogP contribution in [0.4, 0.5) is 0 Å². The molecule has 3 aromatic rings. The van der Waals surface area contributed by atoms with Gasteiger partial charge in [-0.1, -0.05) is 36.4 Å². The lowest BCUT2D eigenvalue weighted by molar-refractivity contribution is 0.0698. The fourth-order valence-corrected chi connectivity index (χ4v) is 2.19. The molecule has 18 heavy (non-hydrogen) atoms. The van der Waals surface area contributed by atoms with Gasteiger partial charge in [-0.05, 0) is 17.7 Å². The number of nitrogens with zero attached hydrogens (tertiary/aromatic N) is 1. The standard InChI is InChI=1S/C15H11NO2/c17-15(18)12-10-16-9-5-4-8-13(16)14(12)11-6-2-1-3-7-11/h1-10H,(H,17,18). The maximum Gasteiger partial charge on any atom is 0.337 e. The molecule has 0 bridgehead atoms. The molecule has 88 valence electrons. The van der Waals surface area contributed by atoms with E-state index in [2.05, 4.69) is 0 Å². The maximum atomic E-state index is 11.4. The van der Waals surface area contributed by atoms with Gasteiger partial charge >= 0.3 is 5.97 Å². The zero-order chi connectivity index (χ0) is 12.5. The van der Waals surface area contributed by atoms with Crippen molar-refractivity contribution in [2.75, 3.05) is 0 Å². The third-order valence-corrected chi connectivity index (χ3v) is 2.98. The molecule has 3 rings (SSSR count). The first kappa shape index (κ1) is 10.6. The Labute approximate surface area is 104 Å². The van der Waals surface area contributed by atoms with E-state index in [1.54, 1.807) is 6.20 Å². The van der Waals surface area contributed by atoms with E-state index in [9.17, 15) is 9.90 Å². The Morgan fingerprint density at radius 3 is 2.44 bits per heavy atom. The summed E-state index contributed by atoms with van der Waals surface area (Å²) in [6.07, 6.45) is 3.51. The zero-order valence-corrected chi connectivity index (χ0v) is 9.58. The molecule has 0 aliphatic heterocycles. The van der Waals surface area contributed by atoms with Crippen LogP contribution in [-0.4, -0.2) is 15.5 Å². The molecule has 1 aromatic carbocycles. The number of aromatic carboxylic acids is 1. The van der Waals surface area contributed by atoms with E-state index >= 15 is 0 Å². The van der Waals surface area contributed by atoms with Gasteiger partial charge in [-0.15, -0.1) is 0 Å². The largest absolute Gasteiger partial charge is 0.478 e. The zero-order valence-electron chi connectivity index (χ0n) is 9.58. The second-order valence-electron chi connectivity index (χ2n) is 4.08. The van der Waals surface area contributed by atoms with Crippen molar-refractivity contribution in [2.24, 2.45) is 0 Å². The van der Waals surface area contributed by atoms with Gasteiger partial charge in [-0.2, -0.15) is 0 Å². The molecule has 0 amide bonds. The Bertz CT molecular complexity index is 714. The average molecular weight is 237 g/mol. The van der Waals surface area contributed by atoms with Crippen LogP contribution in [0.15, 0.2) is 60.9 Å². The molecule has 0 unspecified atom stereocenters. The molecular weight excluding hydrogens is 226 g/mol. The molecule has 0 aliphatic carbocycles. The highest BCUT2D eigenvalue weighted by atomic mass is 16.4. The molecule has 0 aliphatic rings. The van der Waals surface area contributed by atoms with Gasteiger partial charge in [0.2, 0.25) is 0 Å². The van der Waals surface area contributed by atoms with E-state index in [0.29, 0.717) is 5.56 Å². The number of hydrogen-bond donors (Lipinski definition) is 1. The van der Waals surface area contributed by atoms with E-state index in [1.807, 2.05) is 59.1 Å². The minimum Gasteiger partial charge on any atom is -0.478 e. The summed E-state index contributed by atoms with van der Waals surface area (Å²) >= 11 is 0. The first-order valence-corrected chi connectivity index (χ1v) is 5.66. The summed E-state index contributed by atoms with van der Waals surface area (Å²) < 4.78 is 1.84. The summed E-state index contributed by atoms with van der Waals surface area (Å²) in [5.41, 5.74) is 2.92. The lowest BCUT2D eigenvalue weighted by Crippen LogP contribution is -1.95. The molecular formula is C15H11NO2. The number of carboxylic acid groups (broad SMARTS) is 1. The van der Waals surface area contributed by atoms with E-state index in [4.69, 9.17) is 0 Å². The van der Waals surface area contributed by atoms with Crippen LogP contribution >= 0.6 is 0 Å². The predicted octanol–water partition coefficient (Wildman–Crippen LogP) is 3.30. The van der Waals surface area contributed by atoms with Crippen LogP contribution in [0.1, 0.15) is 10.4 Å². The highest BCUT2D eigenvalue weighted by Crippen LogP contribution is 2.30. The van der Waals surface area contributed by atoms with Crippen molar-refractivity contribution in [1.29, 1.82) is 0 Å². The van der Waals surface area contributed by atoms with Gasteiger partial charge in [-0.25, -0.2) is 4.79 Å². The minimum absolute atomic E-state index is 0.326. The summed E-state index contributed by atoms with van der Waals surface area (Å²) in [6.45, 7) is 0. The van der Waals surface area contributed by atoms with E-state index in [0.717, 1.165) is 16.6 Å². The summed E-state index contributed by atoms with van der Waals surface area (Å²) in [5, 5.41) is 9.31. The van der Waals surface area contributed by atoms with Crippen molar-refractivity contribution in [1.82, 2.24) is 4.40 Å². The predicted molar refractivity (Wildman–Crippen MR) is 69.8 cm³/mol. The average Bonchev–Trinajstić information content (AvgIpc) is 2.79. The number of benzene rings is 1. The molecule has 3 heteroatoms. The molecule has 3 nitrogen and oxygen atoms in total. The topological polar surface area (TPSA) is 41.7 Å². The molecule has 2 aromatic heterocycles. The third kappa shape index (κ3) is 1.57. The van der Waals surface area contributed by atoms with Crippen LogP contribution in [-0.2, 0) is 0 Å². The van der Waals surface area contributed by atoms with Gasteiger partial charge in [0.25, 0.3) is 0 Å². The van der Waals surface area contributed by atoms with Gasteiger partial charge in [0, 0.05) is 18.0 Å². The number of hydrogen-bond acceptors (Lipinski definition) is 1. The van der Waals surface area contributed by atoms with Crippen LogP contribution in [0.5, 0.6) is 0 Å². The molecule has 0 spiro atoms. The van der Waals surface area contributed by atoms with Crippen LogP contribution in [0.25, 0.3) is 16.6 Å². The van der Waals surface area contributed by atoms with Crippen molar-refractivity contribution in [3.8, 4) is 11.1 Å². The number of fused-ring (bicyclic) bond motifs is 1. The molecule has 2 heterocycles. The summed E-state index contributed by atoms with van der Waals surface area (Å²) in [4.78, 5) is 11.4. The molecule has 0 fully saturated rings. The number of carboxylic acids is 1. The van der Waals surface area contributed by atoms with Crippen molar-refractivity contribution in [3.05, 3.63) is 66.5 Å². The molecule has 1 N–H and O–H groups in total. The molecule has 0 radical (unpaired) electrons. The normalized spacial score (nSPS) is 10.7. The lowest BCUT2D eigenvalue weighted by atomic mass is 10.0. The first-order chi connectivity index (χ1) is 8.77. The second-order valence-corrected chi connectivity index (χ2v) is 4.08. The summed E-state index contributed by atoms with van der Waals surface area (Å²) in [5.74, 6) is -0.905. The van der Waals surface area contributed by atoms with E-state index < -0.39 is 5.97 Å². The van der Waals surface area contributed by atoms with E-state index in [-0.39, 0.29) is 0 Å². The van der Waals surface area contributed by atoms with Crippen LogP contribution < -0.4 is 0 Å². The first-order valence-electron chi connectivity index (χ1n) is 5.66. The van der Waals surface area contributed by atoms with Crippen LogP contribution in [0.3, 0.4) is 0 Å². The van der Waals surface area contributed by atoms with E-state index in [1.165, 1.54) is 0 Å². The Hall–Kier alpha value is -2.55. The SMILES string of the molecule is O=C(O)c1cn2ccccc2c1-c1ccccc1.